The first kappa shape index (κ1) is 7.03. The first-order valence-electron chi connectivity index (χ1n) is 3.59. The second-order valence-electron chi connectivity index (χ2n) is 2.65. The van der Waals surface area contributed by atoms with Crippen LogP contribution >= 0.6 is 0 Å². The highest BCUT2D eigenvalue weighted by Gasteiger charge is 2.22. The van der Waals surface area contributed by atoms with Crippen molar-refractivity contribution in [2.45, 2.75) is 25.9 Å². The van der Waals surface area contributed by atoms with E-state index in [1.807, 2.05) is 0 Å². The molecular formula is C7H14O2. The number of rotatable bonds is 2. The SMILES string of the molecule is CC[C@H]1CO[C@@H](CO)C1. The molecule has 0 aromatic carbocycles. The zero-order valence-electron chi connectivity index (χ0n) is 5.84. The van der Waals surface area contributed by atoms with Crippen molar-refractivity contribution in [3.05, 3.63) is 0 Å². The van der Waals surface area contributed by atoms with Gasteiger partial charge in [-0.2, -0.15) is 0 Å². The van der Waals surface area contributed by atoms with Gasteiger partial charge in [-0.25, -0.2) is 0 Å². The van der Waals surface area contributed by atoms with Gasteiger partial charge in [0, 0.05) is 6.61 Å². The third-order valence-electron chi connectivity index (χ3n) is 1.94. The molecule has 54 valence electrons. The van der Waals surface area contributed by atoms with Crippen molar-refractivity contribution in [1.82, 2.24) is 0 Å². The third kappa shape index (κ3) is 1.66. The van der Waals surface area contributed by atoms with Gasteiger partial charge < -0.3 is 9.84 Å². The van der Waals surface area contributed by atoms with Gasteiger partial charge in [0.25, 0.3) is 0 Å². The first-order valence-corrected chi connectivity index (χ1v) is 3.59. The number of ether oxygens (including phenoxy) is 1. The van der Waals surface area contributed by atoms with Crippen molar-refractivity contribution in [3.8, 4) is 0 Å². The molecule has 0 aromatic heterocycles. The van der Waals surface area contributed by atoms with Crippen LogP contribution in [0.15, 0.2) is 0 Å². The van der Waals surface area contributed by atoms with Crippen LogP contribution in [0.3, 0.4) is 0 Å². The highest BCUT2D eigenvalue weighted by atomic mass is 16.5. The average Bonchev–Trinajstić information content (AvgIpc) is 2.34. The van der Waals surface area contributed by atoms with Crippen LogP contribution in [0.2, 0.25) is 0 Å². The van der Waals surface area contributed by atoms with Crippen LogP contribution in [0.5, 0.6) is 0 Å². The Morgan fingerprint density at radius 3 is 2.78 bits per heavy atom. The molecule has 0 saturated carbocycles. The fraction of sp³-hybridized carbons (Fsp3) is 1.00. The Kier molecular flexibility index (Phi) is 2.49. The molecule has 0 unspecified atom stereocenters. The van der Waals surface area contributed by atoms with E-state index in [1.165, 1.54) is 6.42 Å². The van der Waals surface area contributed by atoms with Crippen LogP contribution in [0.25, 0.3) is 0 Å². The summed E-state index contributed by atoms with van der Waals surface area (Å²) >= 11 is 0. The van der Waals surface area contributed by atoms with Gasteiger partial charge in [0.05, 0.1) is 12.7 Å². The van der Waals surface area contributed by atoms with Crippen LogP contribution in [0, 0.1) is 5.92 Å². The summed E-state index contributed by atoms with van der Waals surface area (Å²) in [7, 11) is 0. The monoisotopic (exact) mass is 130 g/mol. The van der Waals surface area contributed by atoms with E-state index in [2.05, 4.69) is 6.92 Å². The summed E-state index contributed by atoms with van der Waals surface area (Å²) in [6, 6.07) is 0. The molecule has 2 atom stereocenters. The summed E-state index contributed by atoms with van der Waals surface area (Å²) < 4.78 is 5.26. The van der Waals surface area contributed by atoms with Crippen LogP contribution in [0.4, 0.5) is 0 Å². The Morgan fingerprint density at radius 1 is 1.67 bits per heavy atom. The van der Waals surface area contributed by atoms with E-state index in [1.54, 1.807) is 0 Å². The lowest BCUT2D eigenvalue weighted by atomic mass is 10.0. The van der Waals surface area contributed by atoms with Crippen molar-refractivity contribution in [2.24, 2.45) is 5.92 Å². The van der Waals surface area contributed by atoms with Crippen molar-refractivity contribution in [3.63, 3.8) is 0 Å². The molecule has 1 saturated heterocycles. The normalized spacial score (nSPS) is 35.3. The minimum atomic E-state index is 0.134. The van der Waals surface area contributed by atoms with E-state index in [4.69, 9.17) is 9.84 Å². The number of hydrogen-bond acceptors (Lipinski definition) is 2. The number of aliphatic hydroxyl groups is 1. The summed E-state index contributed by atoms with van der Waals surface area (Å²) in [5, 5.41) is 8.65. The predicted octanol–water partition coefficient (Wildman–Crippen LogP) is 0.794. The average molecular weight is 130 g/mol. The maximum Gasteiger partial charge on any atom is 0.0809 e. The standard InChI is InChI=1S/C7H14O2/c1-2-6-3-7(4-8)9-5-6/h6-8H,2-5H2,1H3/t6-,7-/m1/s1. The van der Waals surface area contributed by atoms with Gasteiger partial charge in [-0.3, -0.25) is 0 Å². The van der Waals surface area contributed by atoms with Crippen molar-refractivity contribution < 1.29 is 9.84 Å². The summed E-state index contributed by atoms with van der Waals surface area (Å²) in [6.45, 7) is 3.20. The van der Waals surface area contributed by atoms with Crippen LogP contribution < -0.4 is 0 Å². The van der Waals surface area contributed by atoms with E-state index >= 15 is 0 Å². The van der Waals surface area contributed by atoms with Crippen LogP contribution in [0.1, 0.15) is 19.8 Å². The van der Waals surface area contributed by atoms with Crippen LogP contribution in [-0.4, -0.2) is 24.4 Å². The molecule has 1 aliphatic rings. The van der Waals surface area contributed by atoms with Gasteiger partial charge in [-0.05, 0) is 12.3 Å². The quantitative estimate of drug-likeness (QED) is 0.599. The van der Waals surface area contributed by atoms with Crippen molar-refractivity contribution in [1.29, 1.82) is 0 Å². The zero-order valence-corrected chi connectivity index (χ0v) is 5.84. The summed E-state index contributed by atoms with van der Waals surface area (Å²) in [6.07, 6.45) is 2.36. The molecule has 0 bridgehead atoms. The topological polar surface area (TPSA) is 29.5 Å². The van der Waals surface area contributed by atoms with Gasteiger partial charge in [0.15, 0.2) is 0 Å². The third-order valence-corrected chi connectivity index (χ3v) is 1.94. The van der Waals surface area contributed by atoms with E-state index in [9.17, 15) is 0 Å². The van der Waals surface area contributed by atoms with Gasteiger partial charge in [-0.1, -0.05) is 13.3 Å². The Labute approximate surface area is 55.8 Å². The minimum Gasteiger partial charge on any atom is -0.394 e. The molecule has 2 nitrogen and oxygen atoms in total. The van der Waals surface area contributed by atoms with Gasteiger partial charge in [-0.15, -0.1) is 0 Å². The molecule has 0 aromatic rings. The smallest absolute Gasteiger partial charge is 0.0809 e. The molecule has 0 aliphatic carbocycles. The first-order chi connectivity index (χ1) is 4.36. The highest BCUT2D eigenvalue weighted by molar-refractivity contribution is 4.71. The van der Waals surface area contributed by atoms with Crippen molar-refractivity contribution >= 4 is 0 Å². The van der Waals surface area contributed by atoms with E-state index in [0.717, 1.165) is 13.0 Å². The van der Waals surface area contributed by atoms with Gasteiger partial charge in [0.1, 0.15) is 0 Å². The number of hydrogen-bond donors (Lipinski definition) is 1. The lowest BCUT2D eigenvalue weighted by Gasteiger charge is -2.02. The molecule has 0 radical (unpaired) electrons. The van der Waals surface area contributed by atoms with E-state index in [-0.39, 0.29) is 12.7 Å². The molecule has 0 spiro atoms. The minimum absolute atomic E-state index is 0.134. The largest absolute Gasteiger partial charge is 0.394 e. The molecule has 1 N–H and O–H groups in total. The molecule has 1 fully saturated rings. The lowest BCUT2D eigenvalue weighted by molar-refractivity contribution is 0.0572. The summed E-state index contributed by atoms with van der Waals surface area (Å²) in [5.41, 5.74) is 0. The fourth-order valence-electron chi connectivity index (χ4n) is 1.19. The van der Waals surface area contributed by atoms with Gasteiger partial charge in [0.2, 0.25) is 0 Å². The second-order valence-corrected chi connectivity index (χ2v) is 2.65. The number of aliphatic hydroxyl groups excluding tert-OH is 1. The van der Waals surface area contributed by atoms with Gasteiger partial charge >= 0.3 is 0 Å². The lowest BCUT2D eigenvalue weighted by Crippen LogP contribution is -2.09. The van der Waals surface area contributed by atoms with Crippen molar-refractivity contribution in [2.75, 3.05) is 13.2 Å². The van der Waals surface area contributed by atoms with E-state index in [0.29, 0.717) is 5.92 Å². The van der Waals surface area contributed by atoms with E-state index < -0.39 is 0 Å². The Bertz CT molecular complexity index is 73.0. The molecule has 1 rings (SSSR count). The molecule has 2 heteroatoms. The fourth-order valence-corrected chi connectivity index (χ4v) is 1.19. The molecule has 1 heterocycles. The summed E-state index contributed by atoms with van der Waals surface area (Å²) in [5.74, 6) is 0.696. The molecule has 0 amide bonds. The van der Waals surface area contributed by atoms with Crippen LogP contribution in [-0.2, 0) is 4.74 Å². The summed E-state index contributed by atoms with van der Waals surface area (Å²) in [4.78, 5) is 0. The Hall–Kier alpha value is -0.0800. The molecule has 9 heavy (non-hydrogen) atoms. The molecule has 1 aliphatic heterocycles. The molecular weight excluding hydrogens is 116 g/mol. The Morgan fingerprint density at radius 2 is 2.44 bits per heavy atom. The Balaban J connectivity index is 2.20. The predicted molar refractivity (Wildman–Crippen MR) is 35.2 cm³/mol. The maximum atomic E-state index is 8.65. The maximum absolute atomic E-state index is 8.65. The highest BCUT2D eigenvalue weighted by Crippen LogP contribution is 2.21. The second kappa shape index (κ2) is 3.18. The zero-order chi connectivity index (χ0) is 6.69.